The minimum absolute atomic E-state index is 0.0211. The minimum atomic E-state index is -0.387. The Kier molecular flexibility index (Phi) is 5.78. The van der Waals surface area contributed by atoms with Crippen molar-refractivity contribution in [1.29, 1.82) is 0 Å². The zero-order valence-corrected chi connectivity index (χ0v) is 14.8. The maximum Gasteiger partial charge on any atom is 0.317 e. The van der Waals surface area contributed by atoms with Gasteiger partial charge in [-0.05, 0) is 44.7 Å². The Bertz CT molecular complexity index is 596. The highest BCUT2D eigenvalue weighted by Crippen LogP contribution is 2.24. The molecule has 0 aliphatic carbocycles. The van der Waals surface area contributed by atoms with Crippen LogP contribution in [0.3, 0.4) is 0 Å². The van der Waals surface area contributed by atoms with Crippen LogP contribution in [0.5, 0.6) is 0 Å². The van der Waals surface area contributed by atoms with Crippen molar-refractivity contribution in [1.82, 2.24) is 10.2 Å². The van der Waals surface area contributed by atoms with E-state index in [9.17, 15) is 14.3 Å². The molecule has 2 aliphatic heterocycles. The first-order chi connectivity index (χ1) is 12.0. The number of nitrogens with one attached hydrogen (secondary N) is 1. The third-order valence-corrected chi connectivity index (χ3v) is 5.37. The van der Waals surface area contributed by atoms with Crippen molar-refractivity contribution in [3.63, 3.8) is 0 Å². The largest absolute Gasteiger partial charge is 0.393 e. The van der Waals surface area contributed by atoms with Gasteiger partial charge in [0.2, 0.25) is 0 Å². The summed E-state index contributed by atoms with van der Waals surface area (Å²) in [6.07, 6.45) is 3.34. The number of para-hydroxylation sites is 1. The maximum atomic E-state index is 14.0. The van der Waals surface area contributed by atoms with E-state index >= 15 is 0 Å². The highest BCUT2D eigenvalue weighted by molar-refractivity contribution is 5.74. The number of amides is 2. The number of rotatable bonds is 3. The Morgan fingerprint density at radius 3 is 2.76 bits per heavy atom. The van der Waals surface area contributed by atoms with Gasteiger partial charge in [0.25, 0.3) is 0 Å². The van der Waals surface area contributed by atoms with Crippen LogP contribution in [0.2, 0.25) is 0 Å². The molecule has 0 radical (unpaired) electrons. The number of anilines is 1. The van der Waals surface area contributed by atoms with Crippen LogP contribution in [0.15, 0.2) is 24.3 Å². The molecule has 0 aromatic heterocycles. The second-order valence-corrected chi connectivity index (χ2v) is 7.27. The molecule has 2 heterocycles. The fraction of sp³-hybridized carbons (Fsp3) is 0.632. The SMILES string of the molecule is CC(O)C1CCCN(C(=O)NC2CCCN(c3ccccc3F)C2)C1. The van der Waals surface area contributed by atoms with Crippen LogP contribution in [0, 0.1) is 11.7 Å². The summed E-state index contributed by atoms with van der Waals surface area (Å²) in [6, 6.07) is 6.75. The molecular formula is C19H28FN3O2. The highest BCUT2D eigenvalue weighted by atomic mass is 19.1. The number of halogens is 1. The molecule has 2 aliphatic rings. The van der Waals surface area contributed by atoms with E-state index in [1.807, 2.05) is 15.9 Å². The Morgan fingerprint density at radius 1 is 1.24 bits per heavy atom. The molecule has 0 saturated carbocycles. The lowest BCUT2D eigenvalue weighted by atomic mass is 9.93. The number of nitrogens with zero attached hydrogens (tertiary/aromatic N) is 2. The number of likely N-dealkylation sites (tertiary alicyclic amines) is 1. The molecular weight excluding hydrogens is 321 g/mol. The van der Waals surface area contributed by atoms with Crippen molar-refractivity contribution >= 4 is 11.7 Å². The predicted molar refractivity (Wildman–Crippen MR) is 96.1 cm³/mol. The summed E-state index contributed by atoms with van der Waals surface area (Å²) >= 11 is 0. The number of benzene rings is 1. The van der Waals surface area contributed by atoms with E-state index in [-0.39, 0.29) is 29.9 Å². The summed E-state index contributed by atoms with van der Waals surface area (Å²) < 4.78 is 14.0. The van der Waals surface area contributed by atoms with Crippen molar-refractivity contribution in [3.8, 4) is 0 Å². The molecule has 2 N–H and O–H groups in total. The van der Waals surface area contributed by atoms with E-state index in [0.29, 0.717) is 18.8 Å². The van der Waals surface area contributed by atoms with Gasteiger partial charge in [-0.15, -0.1) is 0 Å². The van der Waals surface area contributed by atoms with Crippen molar-refractivity contribution in [3.05, 3.63) is 30.1 Å². The predicted octanol–water partition coefficient (Wildman–Crippen LogP) is 2.60. The summed E-state index contributed by atoms with van der Waals surface area (Å²) in [5.41, 5.74) is 0.605. The second kappa shape index (κ2) is 8.04. The summed E-state index contributed by atoms with van der Waals surface area (Å²) in [5, 5.41) is 12.9. The first kappa shape index (κ1) is 18.0. The van der Waals surface area contributed by atoms with E-state index in [4.69, 9.17) is 0 Å². The van der Waals surface area contributed by atoms with Crippen molar-refractivity contribution < 1.29 is 14.3 Å². The highest BCUT2D eigenvalue weighted by Gasteiger charge is 2.29. The maximum absolute atomic E-state index is 14.0. The standard InChI is InChI=1S/C19H28FN3O2/c1-14(24)15-6-4-11-23(12-15)19(25)21-16-7-5-10-22(13-16)18-9-3-2-8-17(18)20/h2-3,8-9,14-16,24H,4-7,10-13H2,1H3,(H,21,25). The molecule has 138 valence electrons. The number of aliphatic hydroxyl groups excluding tert-OH is 1. The molecule has 3 unspecified atom stereocenters. The second-order valence-electron chi connectivity index (χ2n) is 7.27. The van der Waals surface area contributed by atoms with E-state index in [1.165, 1.54) is 6.07 Å². The monoisotopic (exact) mass is 349 g/mol. The van der Waals surface area contributed by atoms with Crippen LogP contribution >= 0.6 is 0 Å². The molecule has 25 heavy (non-hydrogen) atoms. The zero-order chi connectivity index (χ0) is 17.8. The van der Waals surface area contributed by atoms with Gasteiger partial charge in [-0.25, -0.2) is 9.18 Å². The number of hydrogen-bond acceptors (Lipinski definition) is 3. The molecule has 3 rings (SSSR count). The number of carbonyl (C=O) groups is 1. The summed E-state index contributed by atoms with van der Waals surface area (Å²) in [7, 11) is 0. The lowest BCUT2D eigenvalue weighted by molar-refractivity contribution is 0.0732. The van der Waals surface area contributed by atoms with Crippen LogP contribution in [-0.4, -0.2) is 54.4 Å². The molecule has 1 aromatic rings. The Labute approximate surface area is 148 Å². The van der Waals surface area contributed by atoms with Crippen LogP contribution in [0.25, 0.3) is 0 Å². The molecule has 6 heteroatoms. The van der Waals surface area contributed by atoms with Crippen LogP contribution in [-0.2, 0) is 0 Å². The molecule has 3 atom stereocenters. The van der Waals surface area contributed by atoms with Gasteiger partial charge in [0.1, 0.15) is 5.82 Å². The fourth-order valence-corrected chi connectivity index (χ4v) is 3.88. The lowest BCUT2D eigenvalue weighted by Crippen LogP contribution is -2.54. The third kappa shape index (κ3) is 4.42. The van der Waals surface area contributed by atoms with Gasteiger partial charge in [-0.2, -0.15) is 0 Å². The van der Waals surface area contributed by atoms with Crippen molar-refractivity contribution in [2.75, 3.05) is 31.1 Å². The molecule has 0 bridgehead atoms. The summed E-state index contributed by atoms with van der Waals surface area (Å²) in [5.74, 6) is -0.0638. The van der Waals surface area contributed by atoms with Gasteiger partial charge in [-0.3, -0.25) is 0 Å². The van der Waals surface area contributed by atoms with Crippen molar-refractivity contribution in [2.24, 2.45) is 5.92 Å². The Morgan fingerprint density at radius 2 is 2.00 bits per heavy atom. The van der Waals surface area contributed by atoms with E-state index in [0.717, 1.165) is 38.8 Å². The number of carbonyl (C=O) groups excluding carboxylic acids is 1. The minimum Gasteiger partial charge on any atom is -0.393 e. The molecule has 2 amide bonds. The van der Waals surface area contributed by atoms with Gasteiger partial charge in [0.15, 0.2) is 0 Å². The average molecular weight is 349 g/mol. The first-order valence-corrected chi connectivity index (χ1v) is 9.27. The summed E-state index contributed by atoms with van der Waals surface area (Å²) in [6.45, 7) is 4.56. The van der Waals surface area contributed by atoms with Crippen LogP contribution in [0.1, 0.15) is 32.6 Å². The quantitative estimate of drug-likeness (QED) is 0.882. The van der Waals surface area contributed by atoms with E-state index in [1.54, 1.807) is 19.1 Å². The number of aliphatic hydroxyl groups is 1. The van der Waals surface area contributed by atoms with Gasteiger partial charge in [0, 0.05) is 38.1 Å². The zero-order valence-electron chi connectivity index (χ0n) is 14.8. The van der Waals surface area contributed by atoms with Gasteiger partial charge < -0.3 is 20.2 Å². The first-order valence-electron chi connectivity index (χ1n) is 9.27. The summed E-state index contributed by atoms with van der Waals surface area (Å²) in [4.78, 5) is 16.4. The van der Waals surface area contributed by atoms with Gasteiger partial charge >= 0.3 is 6.03 Å². The molecule has 1 aromatic carbocycles. The number of hydrogen-bond donors (Lipinski definition) is 2. The average Bonchev–Trinajstić information content (AvgIpc) is 2.62. The number of piperidine rings is 2. The number of urea groups is 1. The lowest BCUT2D eigenvalue weighted by Gasteiger charge is -2.38. The van der Waals surface area contributed by atoms with Gasteiger partial charge in [-0.1, -0.05) is 12.1 Å². The van der Waals surface area contributed by atoms with Crippen LogP contribution in [0.4, 0.5) is 14.9 Å². The molecule has 5 nitrogen and oxygen atoms in total. The Hall–Kier alpha value is -1.82. The molecule has 2 saturated heterocycles. The van der Waals surface area contributed by atoms with Crippen LogP contribution < -0.4 is 10.2 Å². The normalized spacial score (nSPS) is 25.6. The molecule has 2 fully saturated rings. The fourth-order valence-electron chi connectivity index (χ4n) is 3.88. The topological polar surface area (TPSA) is 55.8 Å². The molecule has 0 spiro atoms. The van der Waals surface area contributed by atoms with Gasteiger partial charge in [0.05, 0.1) is 11.8 Å². The smallest absolute Gasteiger partial charge is 0.317 e. The third-order valence-electron chi connectivity index (χ3n) is 5.37. The van der Waals surface area contributed by atoms with Crippen molar-refractivity contribution in [2.45, 2.75) is 44.8 Å². The van der Waals surface area contributed by atoms with E-state index in [2.05, 4.69) is 5.32 Å². The Balaban J connectivity index is 1.57. The van der Waals surface area contributed by atoms with E-state index < -0.39 is 0 Å².